The first-order valence-corrected chi connectivity index (χ1v) is 25.5. The van der Waals surface area contributed by atoms with E-state index in [0.717, 1.165) is 31.9 Å². The predicted molar refractivity (Wildman–Crippen MR) is 258 cm³/mol. The molecule has 0 aromatic rings. The van der Waals surface area contributed by atoms with Gasteiger partial charge in [-0.15, -0.1) is 11.8 Å². The monoisotopic (exact) mass is 1140 g/mol. The van der Waals surface area contributed by atoms with E-state index in [0.29, 0.717) is 18.6 Å². The third kappa shape index (κ3) is 16.3. The van der Waals surface area contributed by atoms with Gasteiger partial charge >= 0.3 is 17.9 Å². The van der Waals surface area contributed by atoms with Gasteiger partial charge < -0.3 is 107 Å². The third-order valence-corrected chi connectivity index (χ3v) is 14.5. The maximum atomic E-state index is 13.1. The van der Waals surface area contributed by atoms with Crippen LogP contribution in [0.3, 0.4) is 0 Å². The molecule has 78 heavy (non-hydrogen) atoms. The minimum absolute atomic E-state index is 0.0756. The predicted octanol–water partition coefficient (Wildman–Crippen LogP) is -8.35. The van der Waals surface area contributed by atoms with Crippen molar-refractivity contribution < 1.29 is 123 Å². The zero-order valence-corrected chi connectivity index (χ0v) is 43.6. The number of carboxylic acid groups (broad SMARTS) is 3. The molecular weight excluding hydrogens is 1070 g/mol. The van der Waals surface area contributed by atoms with Gasteiger partial charge in [0.1, 0.15) is 30.5 Å². The van der Waals surface area contributed by atoms with Crippen LogP contribution in [0.4, 0.5) is 0 Å². The molecule has 0 aromatic heterocycles. The van der Waals surface area contributed by atoms with E-state index >= 15 is 0 Å². The molecule has 18 unspecified atom stereocenters. The van der Waals surface area contributed by atoms with Crippen LogP contribution in [0, 0.1) is 5.92 Å². The maximum absolute atomic E-state index is 13.1. The van der Waals surface area contributed by atoms with Gasteiger partial charge in [0, 0.05) is 65.3 Å². The molecular formula is C44H70N8O25S. The SMILES string of the molecule is CNC(N)CCCSC1CC(=O)N(CCC(=O)N/N=C/C2OC(OCC(CO)C(O)C3OC(OC(CO)C(O)C4OC(O)(C(=O)O)CC(O)C4NC(C)=O)(C(=O)O)CC(O)C3NC(C)=O)(C(=O)O)CC(O)C2NC(C)=O)C1=O. The summed E-state index contributed by atoms with van der Waals surface area (Å²) in [4.78, 5) is 114. The van der Waals surface area contributed by atoms with E-state index in [1.54, 1.807) is 7.05 Å². The molecule has 4 fully saturated rings. The smallest absolute Gasteiger partial charge is 0.364 e. The number of hydrazone groups is 1. The third-order valence-electron chi connectivity index (χ3n) is 13.2. The molecule has 0 spiro atoms. The molecule has 4 aliphatic rings. The van der Waals surface area contributed by atoms with Crippen molar-refractivity contribution in [1.29, 1.82) is 0 Å². The van der Waals surface area contributed by atoms with Gasteiger partial charge in [-0.1, -0.05) is 0 Å². The number of carbonyl (C=O) groups excluding carboxylic acids is 6. The number of imide groups is 1. The molecule has 0 aliphatic carbocycles. The zero-order chi connectivity index (χ0) is 58.6. The summed E-state index contributed by atoms with van der Waals surface area (Å²) in [5.41, 5.74) is 7.96. The number of thioether (sulfide) groups is 1. The summed E-state index contributed by atoms with van der Waals surface area (Å²) in [6.07, 6.45) is -21.1. The van der Waals surface area contributed by atoms with Gasteiger partial charge in [0.25, 0.3) is 17.4 Å². The highest BCUT2D eigenvalue weighted by molar-refractivity contribution is 8.00. The van der Waals surface area contributed by atoms with Gasteiger partial charge in [-0.05, 0) is 25.6 Å². The average molecular weight is 1140 g/mol. The highest BCUT2D eigenvalue weighted by atomic mass is 32.2. The standard InChI is InChI=1S/C44H70N8O25S/c1-18(55)48-31-23(59)12-43(40(68)69,74-25(31)14-47-51-29(61)7-8-52-30(62)10-27(38(52)65)78-9-5-6-28(45)46-4)73-17-21(15-53)34(63)36-33(50-20(3)57)24(60)13-44(77-36,41(70)71)75-26(16-54)35(64)37-32(49-19(2)56)22(58)11-42(72,76-37)39(66)67/h14,21-28,31-37,46,53-54,58-60,63-64,72H,5-13,15-17,45H2,1-4H3,(H,48,55)(H,49,56)(H,50,57)(H,51,61)(H,66,67)(H,68,69)(H,70,71)/b47-14+. The Morgan fingerprint density at radius 2 is 1.36 bits per heavy atom. The number of likely N-dealkylation sites (tertiary alicyclic amines) is 1. The molecule has 0 radical (unpaired) electrons. The van der Waals surface area contributed by atoms with Gasteiger partial charge in [0.15, 0.2) is 0 Å². The van der Waals surface area contributed by atoms with Gasteiger partial charge in [-0.3, -0.25) is 33.7 Å². The van der Waals surface area contributed by atoms with Crippen molar-refractivity contribution in [3.05, 3.63) is 0 Å². The molecule has 4 rings (SSSR count). The summed E-state index contributed by atoms with van der Waals surface area (Å²) >= 11 is 1.29. The lowest BCUT2D eigenvalue weighted by atomic mass is 9.85. The van der Waals surface area contributed by atoms with Crippen LogP contribution in [0.1, 0.15) is 65.7 Å². The first kappa shape index (κ1) is 65.4. The summed E-state index contributed by atoms with van der Waals surface area (Å²) in [5.74, 6) is -21.2. The van der Waals surface area contributed by atoms with E-state index in [9.17, 15) is 99.3 Å². The molecule has 4 saturated heterocycles. The molecule has 0 bridgehead atoms. The number of aliphatic hydroxyl groups excluding tert-OH is 7. The van der Waals surface area contributed by atoms with Crippen molar-refractivity contribution in [1.82, 2.24) is 31.6 Å². The lowest BCUT2D eigenvalue weighted by Gasteiger charge is -2.49. The Labute approximate surface area is 448 Å². The van der Waals surface area contributed by atoms with Crippen molar-refractivity contribution in [2.45, 2.75) is 168 Å². The number of rotatable bonds is 28. The van der Waals surface area contributed by atoms with Crippen LogP contribution >= 0.6 is 11.8 Å². The number of carbonyl (C=O) groups is 9. The molecule has 18 atom stereocenters. The summed E-state index contributed by atoms with van der Waals surface area (Å²) in [5, 5.41) is 132. The van der Waals surface area contributed by atoms with Crippen LogP contribution in [-0.4, -0.2) is 262 Å². The molecule has 0 saturated carbocycles. The van der Waals surface area contributed by atoms with Gasteiger partial charge in [0.05, 0.1) is 80.0 Å². The highest BCUT2D eigenvalue weighted by Gasteiger charge is 2.60. The Morgan fingerprint density at radius 1 is 0.808 bits per heavy atom. The average Bonchev–Trinajstić information content (AvgIpc) is 3.64. The Balaban J connectivity index is 1.55. The van der Waals surface area contributed by atoms with Crippen molar-refractivity contribution in [3.63, 3.8) is 0 Å². The Bertz CT molecular complexity index is 2200. The lowest BCUT2D eigenvalue weighted by Crippen LogP contribution is -2.70. The molecule has 4 aliphatic heterocycles. The zero-order valence-electron chi connectivity index (χ0n) is 42.7. The molecule has 6 amide bonds. The number of ether oxygens (including phenoxy) is 5. The van der Waals surface area contributed by atoms with Gasteiger partial charge in [-0.2, -0.15) is 5.10 Å². The number of nitrogens with two attached hydrogens (primary N) is 1. The fourth-order valence-corrected chi connectivity index (χ4v) is 10.3. The second-order valence-electron chi connectivity index (χ2n) is 19.1. The van der Waals surface area contributed by atoms with E-state index < -0.39 is 200 Å². The van der Waals surface area contributed by atoms with E-state index in [4.69, 9.17) is 29.4 Å². The number of aliphatic hydroxyl groups is 8. The van der Waals surface area contributed by atoms with Crippen LogP contribution in [0.2, 0.25) is 0 Å². The molecule has 0 aromatic carbocycles. The fourth-order valence-electron chi connectivity index (χ4n) is 9.10. The van der Waals surface area contributed by atoms with Gasteiger partial charge in [0.2, 0.25) is 35.4 Å². The van der Waals surface area contributed by atoms with Crippen LogP contribution in [-0.2, 0) is 66.8 Å². The van der Waals surface area contributed by atoms with Gasteiger partial charge in [-0.25, -0.2) is 19.8 Å². The summed E-state index contributed by atoms with van der Waals surface area (Å²) in [6.45, 7) is -1.08. The van der Waals surface area contributed by atoms with E-state index in [1.807, 2.05) is 0 Å². The lowest BCUT2D eigenvalue weighted by molar-refractivity contribution is -0.343. The van der Waals surface area contributed by atoms with Crippen molar-refractivity contribution in [2.24, 2.45) is 16.8 Å². The van der Waals surface area contributed by atoms with E-state index in [2.05, 4.69) is 31.8 Å². The fraction of sp³-hybridized carbons (Fsp3) is 0.773. The van der Waals surface area contributed by atoms with E-state index in [-0.39, 0.29) is 19.1 Å². The summed E-state index contributed by atoms with van der Waals surface area (Å²) in [7, 11) is 1.71. The Hall–Kier alpha value is -5.15. The Kier molecular flexibility index (Phi) is 23.7. The molecule has 18 N–H and O–H groups in total. The number of nitrogens with one attached hydrogen (secondary N) is 5. The first-order chi connectivity index (χ1) is 36.5. The number of hydrogen-bond donors (Lipinski definition) is 17. The Morgan fingerprint density at radius 3 is 1.90 bits per heavy atom. The molecule has 33 nitrogen and oxygen atoms in total. The molecule has 34 heteroatoms. The van der Waals surface area contributed by atoms with Crippen LogP contribution in [0.15, 0.2) is 5.10 Å². The summed E-state index contributed by atoms with van der Waals surface area (Å²) in [6, 6.07) is -5.03. The highest BCUT2D eigenvalue weighted by Crippen LogP contribution is 2.39. The number of amides is 6. The number of aliphatic carboxylic acids is 3. The van der Waals surface area contributed by atoms with Crippen molar-refractivity contribution in [2.75, 3.05) is 39.2 Å². The summed E-state index contributed by atoms with van der Waals surface area (Å²) < 4.78 is 28.0. The quantitative estimate of drug-likeness (QED) is 0.0114. The van der Waals surface area contributed by atoms with E-state index in [1.165, 1.54) is 11.8 Å². The number of hydrogen-bond acceptors (Lipinski definition) is 26. The van der Waals surface area contributed by atoms with Crippen LogP contribution in [0.5, 0.6) is 0 Å². The largest absolute Gasteiger partial charge is 0.477 e. The number of carboxylic acids is 3. The normalized spacial score (nSPS) is 33.3. The minimum atomic E-state index is -3.29. The molecule has 4 heterocycles. The maximum Gasteiger partial charge on any atom is 0.364 e. The van der Waals surface area contributed by atoms with Crippen molar-refractivity contribution >= 4 is 71.3 Å². The first-order valence-electron chi connectivity index (χ1n) is 24.4. The molecule has 442 valence electrons. The second kappa shape index (κ2) is 28.3. The minimum Gasteiger partial charge on any atom is -0.477 e. The van der Waals surface area contributed by atoms with Crippen molar-refractivity contribution in [3.8, 4) is 0 Å². The topological polar surface area (TPSA) is 524 Å². The second-order valence-corrected chi connectivity index (χ2v) is 20.4. The van der Waals surface area contributed by atoms with Crippen LogP contribution in [0.25, 0.3) is 0 Å². The van der Waals surface area contributed by atoms with Crippen LogP contribution < -0.4 is 32.4 Å². The number of nitrogens with zero attached hydrogens (tertiary/aromatic N) is 2.